The van der Waals surface area contributed by atoms with E-state index >= 15 is 0 Å². The Hall–Kier alpha value is -2.47. The van der Waals surface area contributed by atoms with E-state index in [0.29, 0.717) is 63.7 Å². The van der Waals surface area contributed by atoms with Crippen molar-refractivity contribution in [2.75, 3.05) is 18.8 Å². The van der Waals surface area contributed by atoms with Crippen LogP contribution < -0.4 is 10.6 Å². The molecule has 42 heavy (non-hydrogen) atoms. The van der Waals surface area contributed by atoms with Crippen LogP contribution in [0.3, 0.4) is 0 Å². The quantitative estimate of drug-likeness (QED) is 0.399. The fourth-order valence-electron chi connectivity index (χ4n) is 6.57. The first-order chi connectivity index (χ1) is 19.7. The zero-order chi connectivity index (χ0) is 30.7. The number of aryl methyl sites for hydroxylation is 2. The molecule has 12 heteroatoms. The van der Waals surface area contributed by atoms with E-state index in [0.717, 1.165) is 22.3 Å². The SMILES string of the molecule is CCC(=O)NCc1cc(C)c(CCS(=O)(=O)N2CCC3(CC2)N=C(C2CCC(CCC(F)(F)F)CC2)NC3=O)c(C)c1. The molecule has 234 valence electrons. The molecule has 0 atom stereocenters. The Morgan fingerprint density at radius 2 is 1.74 bits per heavy atom. The molecule has 1 aromatic carbocycles. The Labute approximate surface area is 247 Å². The van der Waals surface area contributed by atoms with Gasteiger partial charge in [0.05, 0.1) is 5.75 Å². The summed E-state index contributed by atoms with van der Waals surface area (Å²) < 4.78 is 65.8. The summed E-state index contributed by atoms with van der Waals surface area (Å²) >= 11 is 0. The lowest BCUT2D eigenvalue weighted by atomic mass is 9.79. The first kappa shape index (κ1) is 32.4. The van der Waals surface area contributed by atoms with Gasteiger partial charge in [0.15, 0.2) is 0 Å². The van der Waals surface area contributed by atoms with Gasteiger partial charge in [-0.15, -0.1) is 0 Å². The van der Waals surface area contributed by atoms with Gasteiger partial charge in [0, 0.05) is 38.4 Å². The maximum absolute atomic E-state index is 13.3. The van der Waals surface area contributed by atoms with Gasteiger partial charge in [-0.2, -0.15) is 13.2 Å². The second-order valence-corrected chi connectivity index (χ2v) is 14.2. The van der Waals surface area contributed by atoms with Gasteiger partial charge in [0.25, 0.3) is 5.91 Å². The summed E-state index contributed by atoms with van der Waals surface area (Å²) in [5.41, 5.74) is 2.97. The third-order valence-corrected chi connectivity index (χ3v) is 11.1. The first-order valence-electron chi connectivity index (χ1n) is 15.0. The highest BCUT2D eigenvalue weighted by Crippen LogP contribution is 2.38. The van der Waals surface area contributed by atoms with Crippen LogP contribution in [0.15, 0.2) is 17.1 Å². The summed E-state index contributed by atoms with van der Waals surface area (Å²) in [6, 6.07) is 3.97. The second-order valence-electron chi connectivity index (χ2n) is 12.2. The molecule has 0 radical (unpaired) electrons. The molecule has 1 aliphatic carbocycles. The molecule has 8 nitrogen and oxygen atoms in total. The van der Waals surface area contributed by atoms with E-state index in [1.807, 2.05) is 26.0 Å². The number of carbonyl (C=O) groups excluding carboxylic acids is 2. The lowest BCUT2D eigenvalue weighted by Crippen LogP contribution is -2.51. The van der Waals surface area contributed by atoms with Crippen LogP contribution in [0.4, 0.5) is 13.2 Å². The molecule has 1 saturated heterocycles. The monoisotopic (exact) mass is 612 g/mol. The van der Waals surface area contributed by atoms with Gasteiger partial charge in [0.2, 0.25) is 15.9 Å². The Bertz CT molecular complexity index is 1270. The van der Waals surface area contributed by atoms with E-state index < -0.39 is 28.2 Å². The minimum atomic E-state index is -4.13. The van der Waals surface area contributed by atoms with Crippen molar-refractivity contribution < 1.29 is 31.2 Å². The van der Waals surface area contributed by atoms with Crippen LogP contribution in [0.1, 0.15) is 87.0 Å². The number of benzene rings is 1. The zero-order valence-electron chi connectivity index (χ0n) is 24.8. The van der Waals surface area contributed by atoms with Crippen LogP contribution in [0.2, 0.25) is 0 Å². The third-order valence-electron chi connectivity index (χ3n) is 9.19. The highest BCUT2D eigenvalue weighted by Gasteiger charge is 2.48. The largest absolute Gasteiger partial charge is 0.389 e. The summed E-state index contributed by atoms with van der Waals surface area (Å²) in [6.45, 7) is 6.56. The van der Waals surface area contributed by atoms with Crippen molar-refractivity contribution in [3.63, 3.8) is 0 Å². The van der Waals surface area contributed by atoms with Gasteiger partial charge < -0.3 is 10.6 Å². The topological polar surface area (TPSA) is 108 Å². The Morgan fingerprint density at radius 3 is 2.31 bits per heavy atom. The molecule has 2 amide bonds. The van der Waals surface area contributed by atoms with Gasteiger partial charge in [-0.3, -0.25) is 14.6 Å². The van der Waals surface area contributed by atoms with Gasteiger partial charge >= 0.3 is 6.18 Å². The van der Waals surface area contributed by atoms with Crippen molar-refractivity contribution in [2.45, 2.75) is 103 Å². The average molecular weight is 613 g/mol. The number of hydrogen-bond acceptors (Lipinski definition) is 5. The number of hydrogen-bond donors (Lipinski definition) is 2. The van der Waals surface area contributed by atoms with Crippen molar-refractivity contribution in [2.24, 2.45) is 16.8 Å². The van der Waals surface area contributed by atoms with Crippen LogP contribution >= 0.6 is 0 Å². The molecule has 2 N–H and O–H groups in total. The Kier molecular flexibility index (Phi) is 10.1. The summed E-state index contributed by atoms with van der Waals surface area (Å²) in [5, 5.41) is 5.79. The van der Waals surface area contributed by atoms with E-state index in [9.17, 15) is 31.2 Å². The fraction of sp³-hybridized carbons (Fsp3) is 0.700. The van der Waals surface area contributed by atoms with E-state index in [1.54, 1.807) is 6.92 Å². The van der Waals surface area contributed by atoms with Crippen molar-refractivity contribution in [3.05, 3.63) is 34.4 Å². The van der Waals surface area contributed by atoms with E-state index in [1.165, 1.54) is 4.31 Å². The molecule has 0 bridgehead atoms. The smallest absolute Gasteiger partial charge is 0.352 e. The number of piperidine rings is 1. The molecular weight excluding hydrogens is 569 g/mol. The fourth-order valence-corrected chi connectivity index (χ4v) is 8.03. The summed E-state index contributed by atoms with van der Waals surface area (Å²) in [4.78, 5) is 29.4. The lowest BCUT2D eigenvalue weighted by Gasteiger charge is -2.34. The molecule has 1 saturated carbocycles. The standard InChI is InChI=1S/C30H43F3N4O4S/c1-4-26(38)34-19-23-17-20(2)25(21(3)18-23)10-16-42(40,41)37-14-12-29(13-15-37)28(39)35-27(36-29)24-7-5-22(6-8-24)9-11-30(31,32)33/h17-18,22,24H,4-16,19H2,1-3H3,(H,34,38)(H,35,36,39). The predicted octanol–water partition coefficient (Wildman–Crippen LogP) is 4.71. The first-order valence-corrected chi connectivity index (χ1v) is 16.6. The summed E-state index contributed by atoms with van der Waals surface area (Å²) in [7, 11) is -3.55. The molecule has 1 spiro atoms. The van der Waals surface area contributed by atoms with Gasteiger partial charge in [0.1, 0.15) is 11.4 Å². The third kappa shape index (κ3) is 7.92. The van der Waals surface area contributed by atoms with Crippen LogP contribution in [-0.2, 0) is 32.6 Å². The molecule has 2 heterocycles. The molecular formula is C30H43F3N4O4S. The van der Waals surface area contributed by atoms with Crippen LogP contribution in [-0.4, -0.2) is 60.9 Å². The number of halogens is 3. The predicted molar refractivity (Wildman–Crippen MR) is 155 cm³/mol. The van der Waals surface area contributed by atoms with Gasteiger partial charge in [-0.1, -0.05) is 19.1 Å². The minimum absolute atomic E-state index is 0.0220. The molecule has 3 aliphatic rings. The number of amidine groups is 1. The number of amides is 2. The number of carbonyl (C=O) groups is 2. The van der Waals surface area contributed by atoms with Crippen molar-refractivity contribution >= 4 is 27.7 Å². The number of nitrogens with one attached hydrogen (secondary N) is 2. The van der Waals surface area contributed by atoms with Crippen molar-refractivity contribution in [1.82, 2.24) is 14.9 Å². The minimum Gasteiger partial charge on any atom is -0.352 e. The highest BCUT2D eigenvalue weighted by atomic mass is 32.2. The zero-order valence-corrected chi connectivity index (χ0v) is 25.6. The molecule has 2 aliphatic heterocycles. The summed E-state index contributed by atoms with van der Waals surface area (Å²) in [6.07, 6.45) is -0.570. The highest BCUT2D eigenvalue weighted by molar-refractivity contribution is 7.89. The maximum atomic E-state index is 13.3. The van der Waals surface area contributed by atoms with Crippen LogP contribution in [0.5, 0.6) is 0 Å². The summed E-state index contributed by atoms with van der Waals surface area (Å²) in [5.74, 6) is 0.432. The molecule has 4 rings (SSSR count). The maximum Gasteiger partial charge on any atom is 0.389 e. The molecule has 0 unspecified atom stereocenters. The van der Waals surface area contributed by atoms with E-state index in [-0.39, 0.29) is 48.9 Å². The number of alkyl halides is 3. The second kappa shape index (κ2) is 13.0. The Balaban J connectivity index is 1.30. The Morgan fingerprint density at radius 1 is 1.12 bits per heavy atom. The van der Waals surface area contributed by atoms with E-state index in [4.69, 9.17) is 4.99 Å². The van der Waals surface area contributed by atoms with Crippen molar-refractivity contribution in [1.29, 1.82) is 0 Å². The van der Waals surface area contributed by atoms with Gasteiger partial charge in [-0.05, 0) is 93.4 Å². The number of nitrogens with zero attached hydrogens (tertiary/aromatic N) is 2. The normalized spacial score (nSPS) is 23.1. The molecule has 1 aromatic rings. The average Bonchev–Trinajstić information content (AvgIpc) is 3.25. The van der Waals surface area contributed by atoms with Crippen molar-refractivity contribution in [3.8, 4) is 0 Å². The lowest BCUT2D eigenvalue weighted by molar-refractivity contribution is -0.138. The van der Waals surface area contributed by atoms with E-state index in [2.05, 4.69) is 10.6 Å². The van der Waals surface area contributed by atoms with Crippen LogP contribution in [0.25, 0.3) is 0 Å². The number of rotatable bonds is 10. The number of sulfonamides is 1. The van der Waals surface area contributed by atoms with Gasteiger partial charge in [-0.25, -0.2) is 12.7 Å². The molecule has 0 aromatic heterocycles. The number of aliphatic imine (C=N–C) groups is 1. The molecule has 2 fully saturated rings. The van der Waals surface area contributed by atoms with Crippen LogP contribution in [0, 0.1) is 25.7 Å².